The Balaban J connectivity index is 1.69. The fourth-order valence-corrected chi connectivity index (χ4v) is 7.71. The summed E-state index contributed by atoms with van der Waals surface area (Å²) in [4.78, 5) is 26.9. The van der Waals surface area contributed by atoms with Gasteiger partial charge in [0.2, 0.25) is 0 Å². The molecule has 1 aromatic rings. The molecule has 1 saturated heterocycles. The van der Waals surface area contributed by atoms with Crippen molar-refractivity contribution in [1.29, 1.82) is 0 Å². The Bertz CT molecular complexity index is 857. The summed E-state index contributed by atoms with van der Waals surface area (Å²) in [6.45, 7) is 7.66. The predicted octanol–water partition coefficient (Wildman–Crippen LogP) is 5.44. The molecule has 1 saturated carbocycles. The van der Waals surface area contributed by atoms with Gasteiger partial charge in [0, 0.05) is 5.25 Å². The van der Waals surface area contributed by atoms with Crippen LogP contribution in [0.2, 0.25) is 0 Å². The molecule has 1 amide bonds. The lowest BCUT2D eigenvalue weighted by molar-refractivity contribution is -0.156. The van der Waals surface area contributed by atoms with Crippen LogP contribution in [0.3, 0.4) is 0 Å². The number of nitrogens with zero attached hydrogens (tertiary/aromatic N) is 2. The molecular formula is C25H34N2O3S. The van der Waals surface area contributed by atoms with Gasteiger partial charge in [-0.25, -0.2) is 0 Å². The Hall–Kier alpha value is -1.82. The summed E-state index contributed by atoms with van der Waals surface area (Å²) in [5, 5.41) is 6.54. The summed E-state index contributed by atoms with van der Waals surface area (Å²) >= 11 is 1.88. The lowest BCUT2D eigenvalue weighted by Crippen LogP contribution is -2.52. The van der Waals surface area contributed by atoms with E-state index in [2.05, 4.69) is 0 Å². The van der Waals surface area contributed by atoms with E-state index < -0.39 is 11.0 Å². The van der Waals surface area contributed by atoms with Gasteiger partial charge >= 0.3 is 5.97 Å². The normalized spacial score (nSPS) is 29.5. The molecule has 0 radical (unpaired) electrons. The van der Waals surface area contributed by atoms with Gasteiger partial charge in [-0.05, 0) is 70.3 Å². The topological polar surface area (TPSA) is 59.0 Å². The molecular weight excluding hydrogens is 408 g/mol. The standard InChI is InChI=1S/C25H34N2O3S/c1-17-25(23(29)27(26-17)20-13-9-6-10-14-20)19(15-21(28)30-24(2,3)4)16-31-22(25)18-11-7-5-8-12-18/h6,9-10,13-14,18-19,22H,5,7-8,11-12,15-16H2,1-4H3/t19-,22-,25+/m0/s1. The molecule has 3 atom stereocenters. The van der Waals surface area contributed by atoms with Crippen molar-refractivity contribution in [2.75, 3.05) is 10.8 Å². The van der Waals surface area contributed by atoms with Gasteiger partial charge in [0.25, 0.3) is 5.91 Å². The third-order valence-corrected chi connectivity index (χ3v) is 8.59. The zero-order valence-corrected chi connectivity index (χ0v) is 19.9. The summed E-state index contributed by atoms with van der Waals surface area (Å²) < 4.78 is 5.65. The molecule has 3 aliphatic rings. The molecule has 0 N–H and O–H groups in total. The van der Waals surface area contributed by atoms with Gasteiger partial charge in [0.15, 0.2) is 0 Å². The molecule has 0 bridgehead atoms. The smallest absolute Gasteiger partial charge is 0.306 e. The number of hydrogen-bond donors (Lipinski definition) is 0. The Morgan fingerprint density at radius 2 is 1.87 bits per heavy atom. The van der Waals surface area contributed by atoms with Crippen molar-refractivity contribution >= 4 is 35.0 Å². The van der Waals surface area contributed by atoms with Gasteiger partial charge in [0.05, 0.1) is 17.8 Å². The third-order valence-electron chi connectivity index (χ3n) is 6.88. The second-order valence-corrected chi connectivity index (χ2v) is 11.3. The molecule has 2 heterocycles. The monoisotopic (exact) mass is 442 g/mol. The minimum atomic E-state index is -0.723. The van der Waals surface area contributed by atoms with Gasteiger partial charge in [-0.2, -0.15) is 21.9 Å². The zero-order valence-electron chi connectivity index (χ0n) is 19.1. The zero-order chi connectivity index (χ0) is 22.2. The summed E-state index contributed by atoms with van der Waals surface area (Å²) in [5.41, 5.74) is 0.395. The number of ether oxygens (including phenoxy) is 1. The van der Waals surface area contributed by atoms with Crippen LogP contribution in [-0.4, -0.2) is 34.2 Å². The van der Waals surface area contributed by atoms with Crippen molar-refractivity contribution < 1.29 is 14.3 Å². The fraction of sp³-hybridized carbons (Fsp3) is 0.640. The highest BCUT2D eigenvalue weighted by Gasteiger charge is 2.64. The quantitative estimate of drug-likeness (QED) is 0.583. The van der Waals surface area contributed by atoms with Crippen molar-refractivity contribution in [2.45, 2.75) is 77.1 Å². The van der Waals surface area contributed by atoms with Crippen molar-refractivity contribution in [3.05, 3.63) is 30.3 Å². The second kappa shape index (κ2) is 8.61. The van der Waals surface area contributed by atoms with Crippen LogP contribution in [0.15, 0.2) is 35.4 Å². The third kappa shape index (κ3) is 4.15. The van der Waals surface area contributed by atoms with Crippen molar-refractivity contribution in [2.24, 2.45) is 22.4 Å². The van der Waals surface area contributed by atoms with Gasteiger partial charge in [0.1, 0.15) is 11.0 Å². The molecule has 2 fully saturated rings. The number of anilines is 1. The summed E-state index contributed by atoms with van der Waals surface area (Å²) in [5.74, 6) is 1.00. The molecule has 1 spiro atoms. The molecule has 4 rings (SSSR count). The number of benzene rings is 1. The Morgan fingerprint density at radius 1 is 1.19 bits per heavy atom. The van der Waals surface area contributed by atoms with E-state index in [1.165, 1.54) is 19.3 Å². The van der Waals surface area contributed by atoms with Crippen LogP contribution >= 0.6 is 11.8 Å². The second-order valence-electron chi connectivity index (χ2n) is 10.1. The highest BCUT2D eigenvalue weighted by atomic mass is 32.2. The highest BCUT2D eigenvalue weighted by molar-refractivity contribution is 8.00. The molecule has 168 valence electrons. The minimum Gasteiger partial charge on any atom is -0.460 e. The summed E-state index contributed by atoms with van der Waals surface area (Å²) in [7, 11) is 0. The lowest BCUT2D eigenvalue weighted by Gasteiger charge is -2.39. The van der Waals surface area contributed by atoms with Crippen LogP contribution in [0.4, 0.5) is 5.69 Å². The van der Waals surface area contributed by atoms with Crippen molar-refractivity contribution in [3.8, 4) is 0 Å². The van der Waals surface area contributed by atoms with Gasteiger partial charge in [-0.15, -0.1) is 0 Å². The SMILES string of the molecule is CC1=NN(c2ccccc2)C(=O)[C@@]12[C@@H](CC(=O)OC(C)(C)C)CS[C@H]2C1CCCCC1. The summed E-state index contributed by atoms with van der Waals surface area (Å²) in [6.07, 6.45) is 6.30. The van der Waals surface area contributed by atoms with Crippen LogP contribution < -0.4 is 5.01 Å². The van der Waals surface area contributed by atoms with Gasteiger partial charge in [-0.1, -0.05) is 37.5 Å². The number of carbonyl (C=O) groups is 2. The Kier molecular flexibility index (Phi) is 6.21. The van der Waals surface area contributed by atoms with E-state index in [0.29, 0.717) is 5.92 Å². The van der Waals surface area contributed by atoms with Crippen molar-refractivity contribution in [1.82, 2.24) is 0 Å². The Morgan fingerprint density at radius 3 is 2.52 bits per heavy atom. The number of hydrazone groups is 1. The maximum absolute atomic E-state index is 14.1. The number of para-hydroxylation sites is 1. The molecule has 0 unspecified atom stereocenters. The van der Waals surface area contributed by atoms with Gasteiger partial charge < -0.3 is 4.74 Å². The average molecular weight is 443 g/mol. The van der Waals surface area contributed by atoms with E-state index in [-0.39, 0.29) is 29.5 Å². The highest BCUT2D eigenvalue weighted by Crippen LogP contribution is 2.58. The predicted molar refractivity (Wildman–Crippen MR) is 126 cm³/mol. The van der Waals surface area contributed by atoms with Crippen molar-refractivity contribution in [3.63, 3.8) is 0 Å². The number of esters is 1. The minimum absolute atomic E-state index is 0.0327. The first-order valence-corrected chi connectivity index (χ1v) is 12.6. The number of rotatable bonds is 4. The number of amides is 1. The van der Waals surface area contributed by atoms with E-state index in [4.69, 9.17) is 9.84 Å². The maximum Gasteiger partial charge on any atom is 0.306 e. The van der Waals surface area contributed by atoms with E-state index in [0.717, 1.165) is 30.0 Å². The maximum atomic E-state index is 14.1. The fourth-order valence-electron chi connectivity index (χ4n) is 5.61. The summed E-state index contributed by atoms with van der Waals surface area (Å²) in [6, 6.07) is 9.65. The van der Waals surface area contributed by atoms with Crippen LogP contribution in [-0.2, 0) is 14.3 Å². The number of thioether (sulfide) groups is 1. The van der Waals surface area contributed by atoms with Gasteiger partial charge in [-0.3, -0.25) is 9.59 Å². The van der Waals surface area contributed by atoms with E-state index in [9.17, 15) is 9.59 Å². The Labute approximate surface area is 190 Å². The van der Waals surface area contributed by atoms with Crippen LogP contribution in [0, 0.1) is 17.3 Å². The molecule has 1 aliphatic carbocycles. The lowest BCUT2D eigenvalue weighted by atomic mass is 9.64. The van der Waals surface area contributed by atoms with E-state index in [1.54, 1.807) is 5.01 Å². The van der Waals surface area contributed by atoms with E-state index >= 15 is 0 Å². The molecule has 5 nitrogen and oxygen atoms in total. The van der Waals surface area contributed by atoms with Crippen LogP contribution in [0.25, 0.3) is 0 Å². The molecule has 1 aromatic carbocycles. The largest absolute Gasteiger partial charge is 0.460 e. The number of hydrogen-bond acceptors (Lipinski definition) is 5. The van der Waals surface area contributed by atoms with E-state index in [1.807, 2.05) is 69.8 Å². The molecule has 0 aromatic heterocycles. The average Bonchev–Trinajstić information content (AvgIpc) is 3.22. The first-order chi connectivity index (χ1) is 14.7. The molecule has 31 heavy (non-hydrogen) atoms. The molecule has 6 heteroatoms. The first-order valence-electron chi connectivity index (χ1n) is 11.5. The van der Waals surface area contributed by atoms with Crippen LogP contribution in [0.1, 0.15) is 66.2 Å². The van der Waals surface area contributed by atoms with Crippen LogP contribution in [0.5, 0.6) is 0 Å². The molecule has 2 aliphatic heterocycles. The first kappa shape index (κ1) is 22.4. The number of carbonyl (C=O) groups excluding carboxylic acids is 2.